The number of alkyl halides is 3. The molecule has 136 valence electrons. The van der Waals surface area contributed by atoms with Gasteiger partial charge in [-0.05, 0) is 43.2 Å². The van der Waals surface area contributed by atoms with E-state index >= 15 is 0 Å². The van der Waals surface area contributed by atoms with Crippen molar-refractivity contribution in [1.29, 1.82) is 0 Å². The van der Waals surface area contributed by atoms with Crippen molar-refractivity contribution in [2.75, 3.05) is 0 Å². The summed E-state index contributed by atoms with van der Waals surface area (Å²) in [7, 11) is 0. The van der Waals surface area contributed by atoms with E-state index in [4.69, 9.17) is 0 Å². The molecule has 0 spiro atoms. The molecular formula is C18H16F3N3O2. The molecule has 1 aromatic carbocycles. The molecule has 8 heteroatoms. The third-order valence-corrected chi connectivity index (χ3v) is 4.01. The number of rotatable bonds is 3. The molecule has 3 rings (SSSR count). The third-order valence-electron chi connectivity index (χ3n) is 4.01. The van der Waals surface area contributed by atoms with Gasteiger partial charge in [0.2, 0.25) is 0 Å². The molecule has 26 heavy (non-hydrogen) atoms. The minimum absolute atomic E-state index is 0.0781. The van der Waals surface area contributed by atoms with E-state index in [9.17, 15) is 23.1 Å². The Balaban J connectivity index is 2.29. The monoisotopic (exact) mass is 363 g/mol. The Morgan fingerprint density at radius 3 is 2.31 bits per heavy atom. The fourth-order valence-corrected chi connectivity index (χ4v) is 2.81. The number of aryl methyl sites for hydroxylation is 1. The molecule has 0 radical (unpaired) electrons. The minimum Gasteiger partial charge on any atom is -0.478 e. The first-order valence-electron chi connectivity index (χ1n) is 7.90. The number of carboxylic acids is 1. The molecule has 0 atom stereocenters. The van der Waals surface area contributed by atoms with Gasteiger partial charge < -0.3 is 5.11 Å². The van der Waals surface area contributed by atoms with Crippen molar-refractivity contribution < 1.29 is 23.1 Å². The molecule has 0 aliphatic rings. The van der Waals surface area contributed by atoms with Gasteiger partial charge in [-0.2, -0.15) is 18.3 Å². The Kier molecular flexibility index (Phi) is 4.21. The first-order valence-corrected chi connectivity index (χ1v) is 7.90. The van der Waals surface area contributed by atoms with E-state index in [-0.39, 0.29) is 11.5 Å². The number of carboxylic acid groups (broad SMARTS) is 1. The van der Waals surface area contributed by atoms with Gasteiger partial charge in [0.15, 0.2) is 5.65 Å². The number of aromatic nitrogens is 3. The summed E-state index contributed by atoms with van der Waals surface area (Å²) in [6, 6.07) is 5.99. The van der Waals surface area contributed by atoms with Crippen LogP contribution in [-0.4, -0.2) is 25.8 Å². The summed E-state index contributed by atoms with van der Waals surface area (Å²) in [5.74, 6) is -1.19. The van der Waals surface area contributed by atoms with E-state index in [0.717, 1.165) is 12.1 Å². The van der Waals surface area contributed by atoms with Crippen LogP contribution in [0, 0.1) is 6.92 Å². The molecule has 0 aliphatic carbocycles. The number of halogens is 3. The Morgan fingerprint density at radius 1 is 1.19 bits per heavy atom. The number of fused-ring (bicyclic) bond motifs is 1. The summed E-state index contributed by atoms with van der Waals surface area (Å²) in [5.41, 5.74) is 1.02. The van der Waals surface area contributed by atoms with Gasteiger partial charge in [-0.3, -0.25) is 0 Å². The summed E-state index contributed by atoms with van der Waals surface area (Å²) in [5, 5.41) is 14.4. The van der Waals surface area contributed by atoms with Gasteiger partial charge >= 0.3 is 12.1 Å². The highest BCUT2D eigenvalue weighted by atomic mass is 19.4. The van der Waals surface area contributed by atoms with Crippen molar-refractivity contribution >= 4 is 17.0 Å². The molecule has 0 fully saturated rings. The van der Waals surface area contributed by atoms with Crippen molar-refractivity contribution in [2.45, 2.75) is 32.9 Å². The van der Waals surface area contributed by atoms with Crippen LogP contribution in [0.5, 0.6) is 0 Å². The van der Waals surface area contributed by atoms with Gasteiger partial charge in [-0.15, -0.1) is 0 Å². The van der Waals surface area contributed by atoms with Crippen LogP contribution in [0.15, 0.2) is 30.3 Å². The number of aromatic carboxylic acids is 1. The third kappa shape index (κ3) is 3.02. The van der Waals surface area contributed by atoms with Crippen LogP contribution >= 0.6 is 0 Å². The summed E-state index contributed by atoms with van der Waals surface area (Å²) in [6.45, 7) is 5.39. The van der Waals surface area contributed by atoms with Crippen LogP contribution in [0.3, 0.4) is 0 Å². The predicted octanol–water partition coefficient (Wildman–Crippen LogP) is 4.57. The average molecular weight is 363 g/mol. The van der Waals surface area contributed by atoms with Crippen LogP contribution in [0.1, 0.15) is 47.1 Å². The number of hydrogen-bond acceptors (Lipinski definition) is 3. The second-order valence-corrected chi connectivity index (χ2v) is 6.31. The Morgan fingerprint density at radius 2 is 1.81 bits per heavy atom. The van der Waals surface area contributed by atoms with Crippen LogP contribution in [0.4, 0.5) is 13.2 Å². The molecule has 5 nitrogen and oxygen atoms in total. The lowest BCUT2D eigenvalue weighted by Crippen LogP contribution is -2.06. The number of benzene rings is 1. The van der Waals surface area contributed by atoms with E-state index in [1.54, 1.807) is 6.92 Å². The lowest BCUT2D eigenvalue weighted by molar-refractivity contribution is -0.137. The summed E-state index contributed by atoms with van der Waals surface area (Å²) in [6.07, 6.45) is -4.43. The lowest BCUT2D eigenvalue weighted by Gasteiger charge is -2.08. The Bertz CT molecular complexity index is 990. The molecule has 0 unspecified atom stereocenters. The van der Waals surface area contributed by atoms with E-state index in [2.05, 4.69) is 10.1 Å². The summed E-state index contributed by atoms with van der Waals surface area (Å²) < 4.78 is 39.7. The standard InChI is InChI=1S/C18H16F3N3O2/c1-9(2)15-14-13(17(25)26)8-10(3)22-16(14)24(23-15)12-6-4-11(5-7-12)18(19,20)21/h4-9H,1-3H3,(H,25,26). The first kappa shape index (κ1) is 17.9. The zero-order valence-electron chi connectivity index (χ0n) is 14.3. The molecular weight excluding hydrogens is 347 g/mol. The Labute approximate surface area is 147 Å². The number of carbonyl (C=O) groups is 1. The smallest absolute Gasteiger partial charge is 0.416 e. The average Bonchev–Trinajstić information content (AvgIpc) is 2.92. The normalized spacial score (nSPS) is 12.1. The van der Waals surface area contributed by atoms with Gasteiger partial charge in [0.05, 0.1) is 27.9 Å². The molecule has 0 bridgehead atoms. The quantitative estimate of drug-likeness (QED) is 0.740. The first-order chi connectivity index (χ1) is 12.1. The molecule has 2 heterocycles. The summed E-state index contributed by atoms with van der Waals surface area (Å²) >= 11 is 0. The van der Waals surface area contributed by atoms with Crippen molar-refractivity contribution in [3.8, 4) is 5.69 Å². The molecule has 1 N–H and O–H groups in total. The maximum Gasteiger partial charge on any atom is 0.416 e. The fraction of sp³-hybridized carbons (Fsp3) is 0.278. The topological polar surface area (TPSA) is 68.0 Å². The van der Waals surface area contributed by atoms with E-state index < -0.39 is 17.7 Å². The second kappa shape index (κ2) is 6.12. The van der Waals surface area contributed by atoms with E-state index in [0.29, 0.717) is 28.1 Å². The SMILES string of the molecule is Cc1cc(C(=O)O)c2c(C(C)C)nn(-c3ccc(C(F)(F)F)cc3)c2n1. The minimum atomic E-state index is -4.43. The maximum absolute atomic E-state index is 12.8. The fourth-order valence-electron chi connectivity index (χ4n) is 2.81. The molecule has 0 amide bonds. The van der Waals surface area contributed by atoms with Crippen molar-refractivity contribution in [1.82, 2.24) is 14.8 Å². The van der Waals surface area contributed by atoms with Crippen LogP contribution in [0.25, 0.3) is 16.7 Å². The van der Waals surface area contributed by atoms with E-state index in [1.165, 1.54) is 22.9 Å². The van der Waals surface area contributed by atoms with Gasteiger partial charge in [0.25, 0.3) is 0 Å². The van der Waals surface area contributed by atoms with Crippen LogP contribution in [-0.2, 0) is 6.18 Å². The maximum atomic E-state index is 12.8. The largest absolute Gasteiger partial charge is 0.478 e. The molecule has 2 aromatic heterocycles. The van der Waals surface area contributed by atoms with Crippen molar-refractivity contribution in [3.63, 3.8) is 0 Å². The summed E-state index contributed by atoms with van der Waals surface area (Å²) in [4.78, 5) is 16.0. The zero-order valence-corrected chi connectivity index (χ0v) is 14.3. The van der Waals surface area contributed by atoms with Gasteiger partial charge in [0, 0.05) is 5.69 Å². The number of pyridine rings is 1. The highest BCUT2D eigenvalue weighted by Crippen LogP contribution is 2.32. The second-order valence-electron chi connectivity index (χ2n) is 6.31. The van der Waals surface area contributed by atoms with Crippen molar-refractivity contribution in [3.05, 3.63) is 52.8 Å². The molecule has 3 aromatic rings. The Hall–Kier alpha value is -2.90. The number of hydrogen-bond donors (Lipinski definition) is 1. The van der Waals surface area contributed by atoms with Gasteiger partial charge in [-0.1, -0.05) is 13.8 Å². The highest BCUT2D eigenvalue weighted by molar-refractivity contribution is 6.03. The van der Waals surface area contributed by atoms with Crippen molar-refractivity contribution in [2.24, 2.45) is 0 Å². The molecule has 0 aliphatic heterocycles. The van der Waals surface area contributed by atoms with Crippen LogP contribution < -0.4 is 0 Å². The molecule has 0 saturated carbocycles. The van der Waals surface area contributed by atoms with Crippen LogP contribution in [0.2, 0.25) is 0 Å². The lowest BCUT2D eigenvalue weighted by atomic mass is 10.0. The van der Waals surface area contributed by atoms with E-state index in [1.807, 2.05) is 13.8 Å². The highest BCUT2D eigenvalue weighted by Gasteiger charge is 2.30. The zero-order chi connectivity index (χ0) is 19.2. The van der Waals surface area contributed by atoms with Gasteiger partial charge in [-0.25, -0.2) is 14.5 Å². The predicted molar refractivity (Wildman–Crippen MR) is 89.7 cm³/mol. The van der Waals surface area contributed by atoms with Gasteiger partial charge in [0.1, 0.15) is 0 Å². The number of nitrogens with zero attached hydrogens (tertiary/aromatic N) is 3. The molecule has 0 saturated heterocycles.